The van der Waals surface area contributed by atoms with Crippen molar-refractivity contribution in [3.63, 3.8) is 0 Å². The number of carbonyl (C=O) groups is 2. The van der Waals surface area contributed by atoms with Gasteiger partial charge in [-0.05, 0) is 49.4 Å². The van der Waals surface area contributed by atoms with E-state index < -0.39 is 12.1 Å². The molecular formula is C20H23N3O2. The Labute approximate surface area is 147 Å². The summed E-state index contributed by atoms with van der Waals surface area (Å²) in [5, 5.41) is 8.46. The third-order valence-corrected chi connectivity index (χ3v) is 4.46. The van der Waals surface area contributed by atoms with Gasteiger partial charge in [0.05, 0.1) is 6.04 Å². The Morgan fingerprint density at radius 1 is 1.04 bits per heavy atom. The molecule has 5 heteroatoms. The Bertz CT molecular complexity index is 746. The highest BCUT2D eigenvalue weighted by atomic mass is 16.2. The molecule has 0 heterocycles. The monoisotopic (exact) mass is 337 g/mol. The quantitative estimate of drug-likeness (QED) is 0.800. The minimum atomic E-state index is -0.613. The third-order valence-electron chi connectivity index (χ3n) is 4.46. The second-order valence-corrected chi connectivity index (χ2v) is 6.34. The minimum Gasteiger partial charge on any atom is -0.348 e. The van der Waals surface area contributed by atoms with Crippen LogP contribution in [0.2, 0.25) is 0 Å². The maximum atomic E-state index is 12.5. The maximum Gasteiger partial charge on any atom is 0.319 e. The van der Waals surface area contributed by atoms with E-state index in [1.54, 1.807) is 19.1 Å². The van der Waals surface area contributed by atoms with Crippen molar-refractivity contribution in [2.24, 2.45) is 0 Å². The van der Waals surface area contributed by atoms with Crippen LogP contribution in [0.4, 0.5) is 10.5 Å². The molecule has 2 atom stereocenters. The molecule has 0 aliphatic heterocycles. The molecule has 0 aromatic heterocycles. The minimum absolute atomic E-state index is 0.0129. The summed E-state index contributed by atoms with van der Waals surface area (Å²) in [6, 6.07) is 16.4. The summed E-state index contributed by atoms with van der Waals surface area (Å²) >= 11 is 0. The zero-order valence-electron chi connectivity index (χ0n) is 14.3. The Hall–Kier alpha value is -2.82. The lowest BCUT2D eigenvalue weighted by atomic mass is 9.87. The fraction of sp³-hybridized carbons (Fsp3) is 0.300. The van der Waals surface area contributed by atoms with Crippen molar-refractivity contribution in [3.05, 3.63) is 65.7 Å². The SMILES string of the molecule is C[C@H](NC(=O)Nc1ccccc1)C(=O)N[C@H]1CCCc2ccccc21. The molecular weight excluding hydrogens is 314 g/mol. The van der Waals surface area contributed by atoms with Gasteiger partial charge in [0.25, 0.3) is 0 Å². The van der Waals surface area contributed by atoms with Gasteiger partial charge >= 0.3 is 6.03 Å². The van der Waals surface area contributed by atoms with E-state index in [4.69, 9.17) is 0 Å². The number of benzene rings is 2. The molecule has 1 aliphatic rings. The standard InChI is InChI=1S/C20H23N3O2/c1-14(21-20(25)22-16-10-3-2-4-11-16)19(24)23-18-13-7-9-15-8-5-6-12-17(15)18/h2-6,8,10-12,14,18H,7,9,13H2,1H3,(H,23,24)(H2,21,22,25)/t14-,18-/m0/s1. The predicted molar refractivity (Wildman–Crippen MR) is 98.3 cm³/mol. The van der Waals surface area contributed by atoms with Gasteiger partial charge in [0, 0.05) is 5.69 Å². The number of urea groups is 1. The van der Waals surface area contributed by atoms with Gasteiger partial charge in [-0.2, -0.15) is 0 Å². The number of anilines is 1. The van der Waals surface area contributed by atoms with Crippen LogP contribution in [0.25, 0.3) is 0 Å². The van der Waals surface area contributed by atoms with Crippen molar-refractivity contribution < 1.29 is 9.59 Å². The van der Waals surface area contributed by atoms with E-state index in [-0.39, 0.29) is 11.9 Å². The number of aryl methyl sites for hydroxylation is 1. The molecule has 130 valence electrons. The smallest absolute Gasteiger partial charge is 0.319 e. The zero-order valence-corrected chi connectivity index (χ0v) is 14.3. The number of carbonyl (C=O) groups excluding carboxylic acids is 2. The van der Waals surface area contributed by atoms with Crippen LogP contribution in [-0.2, 0) is 11.2 Å². The largest absolute Gasteiger partial charge is 0.348 e. The van der Waals surface area contributed by atoms with Gasteiger partial charge in [-0.25, -0.2) is 4.79 Å². The van der Waals surface area contributed by atoms with Crippen LogP contribution in [0.5, 0.6) is 0 Å². The molecule has 3 amide bonds. The average Bonchev–Trinajstić information content (AvgIpc) is 2.62. The lowest BCUT2D eigenvalue weighted by molar-refractivity contribution is -0.123. The Balaban J connectivity index is 1.55. The van der Waals surface area contributed by atoms with Gasteiger partial charge < -0.3 is 16.0 Å². The van der Waals surface area contributed by atoms with Crippen LogP contribution >= 0.6 is 0 Å². The van der Waals surface area contributed by atoms with E-state index in [1.165, 1.54) is 11.1 Å². The molecule has 25 heavy (non-hydrogen) atoms. The topological polar surface area (TPSA) is 70.2 Å². The van der Waals surface area contributed by atoms with Crippen molar-refractivity contribution in [1.29, 1.82) is 0 Å². The van der Waals surface area contributed by atoms with Crippen LogP contribution < -0.4 is 16.0 Å². The van der Waals surface area contributed by atoms with Crippen LogP contribution in [0.3, 0.4) is 0 Å². The first kappa shape index (κ1) is 17.0. The van der Waals surface area contributed by atoms with Crippen LogP contribution in [0.15, 0.2) is 54.6 Å². The molecule has 0 saturated carbocycles. The lowest BCUT2D eigenvalue weighted by Crippen LogP contribution is -2.47. The fourth-order valence-electron chi connectivity index (χ4n) is 3.15. The zero-order chi connectivity index (χ0) is 17.6. The molecule has 5 nitrogen and oxygen atoms in total. The number of rotatable bonds is 4. The van der Waals surface area contributed by atoms with Crippen molar-refractivity contribution in [1.82, 2.24) is 10.6 Å². The van der Waals surface area contributed by atoms with Gasteiger partial charge in [-0.15, -0.1) is 0 Å². The Kier molecular flexibility index (Phi) is 5.33. The number of para-hydroxylation sites is 1. The number of hydrogen-bond donors (Lipinski definition) is 3. The third kappa shape index (κ3) is 4.38. The van der Waals surface area contributed by atoms with Gasteiger partial charge in [0.2, 0.25) is 5.91 Å². The highest BCUT2D eigenvalue weighted by Gasteiger charge is 2.24. The van der Waals surface area contributed by atoms with Crippen LogP contribution in [-0.4, -0.2) is 18.0 Å². The molecule has 1 aliphatic carbocycles. The molecule has 0 bridgehead atoms. The van der Waals surface area contributed by atoms with Crippen LogP contribution in [0, 0.1) is 0 Å². The van der Waals surface area contributed by atoms with E-state index in [0.717, 1.165) is 19.3 Å². The number of nitrogens with one attached hydrogen (secondary N) is 3. The maximum absolute atomic E-state index is 12.5. The lowest BCUT2D eigenvalue weighted by Gasteiger charge is -2.27. The highest BCUT2D eigenvalue weighted by Crippen LogP contribution is 2.29. The van der Waals surface area contributed by atoms with E-state index in [2.05, 4.69) is 28.1 Å². The summed E-state index contributed by atoms with van der Waals surface area (Å²) in [4.78, 5) is 24.5. The first-order valence-electron chi connectivity index (χ1n) is 8.64. The molecule has 0 fully saturated rings. The van der Waals surface area contributed by atoms with E-state index in [1.807, 2.05) is 30.3 Å². The van der Waals surface area contributed by atoms with Crippen molar-refractivity contribution in [2.45, 2.75) is 38.3 Å². The summed E-state index contributed by atoms with van der Waals surface area (Å²) in [7, 11) is 0. The Morgan fingerprint density at radius 3 is 2.56 bits per heavy atom. The summed E-state index contributed by atoms with van der Waals surface area (Å²) < 4.78 is 0. The molecule has 0 saturated heterocycles. The summed E-state index contributed by atoms with van der Waals surface area (Å²) in [5.74, 6) is -0.176. The summed E-state index contributed by atoms with van der Waals surface area (Å²) in [6.45, 7) is 1.69. The van der Waals surface area contributed by atoms with Crippen molar-refractivity contribution in [2.75, 3.05) is 5.32 Å². The van der Waals surface area contributed by atoms with E-state index in [0.29, 0.717) is 5.69 Å². The molecule has 3 N–H and O–H groups in total. The second kappa shape index (κ2) is 7.83. The predicted octanol–water partition coefficient (Wildman–Crippen LogP) is 3.39. The van der Waals surface area contributed by atoms with Gasteiger partial charge in [-0.1, -0.05) is 42.5 Å². The summed E-state index contributed by atoms with van der Waals surface area (Å²) in [6.07, 6.45) is 3.03. The molecule has 0 radical (unpaired) electrons. The molecule has 2 aromatic carbocycles. The Morgan fingerprint density at radius 2 is 1.76 bits per heavy atom. The fourth-order valence-corrected chi connectivity index (χ4v) is 3.15. The molecule has 2 aromatic rings. The number of amides is 3. The number of hydrogen-bond acceptors (Lipinski definition) is 2. The molecule has 3 rings (SSSR count). The van der Waals surface area contributed by atoms with Gasteiger partial charge in [0.15, 0.2) is 0 Å². The molecule has 0 spiro atoms. The second-order valence-electron chi connectivity index (χ2n) is 6.34. The van der Waals surface area contributed by atoms with Gasteiger partial charge in [0.1, 0.15) is 6.04 Å². The highest BCUT2D eigenvalue weighted by molar-refractivity contribution is 5.93. The van der Waals surface area contributed by atoms with Crippen LogP contribution in [0.1, 0.15) is 36.9 Å². The first-order chi connectivity index (χ1) is 12.1. The number of fused-ring (bicyclic) bond motifs is 1. The van der Waals surface area contributed by atoms with Crippen molar-refractivity contribution in [3.8, 4) is 0 Å². The van der Waals surface area contributed by atoms with E-state index in [9.17, 15) is 9.59 Å². The van der Waals surface area contributed by atoms with E-state index >= 15 is 0 Å². The molecule has 0 unspecified atom stereocenters. The van der Waals surface area contributed by atoms with Gasteiger partial charge in [-0.3, -0.25) is 4.79 Å². The first-order valence-corrected chi connectivity index (χ1v) is 8.64. The summed E-state index contributed by atoms with van der Waals surface area (Å²) in [5.41, 5.74) is 3.17. The van der Waals surface area contributed by atoms with Crippen molar-refractivity contribution >= 4 is 17.6 Å². The average molecular weight is 337 g/mol. The normalized spacial score (nSPS) is 17.1.